The number of hydrogen-bond acceptors (Lipinski definition) is 5. The number of carbonyl (C=O) groups excluding carboxylic acids is 1. The highest BCUT2D eigenvalue weighted by molar-refractivity contribution is 5.85. The van der Waals surface area contributed by atoms with Gasteiger partial charge in [-0.15, -0.1) is 24.8 Å². The summed E-state index contributed by atoms with van der Waals surface area (Å²) < 4.78 is 10.7. The van der Waals surface area contributed by atoms with Crippen molar-refractivity contribution < 1.29 is 14.3 Å². The fourth-order valence-corrected chi connectivity index (χ4v) is 4.12. The number of rotatable bonds is 5. The van der Waals surface area contributed by atoms with Crippen molar-refractivity contribution in [1.29, 1.82) is 0 Å². The van der Waals surface area contributed by atoms with Gasteiger partial charge in [0.15, 0.2) is 11.5 Å². The van der Waals surface area contributed by atoms with Gasteiger partial charge in [0.05, 0.1) is 7.11 Å². The second-order valence-electron chi connectivity index (χ2n) is 6.78. The van der Waals surface area contributed by atoms with Gasteiger partial charge in [0.2, 0.25) is 0 Å². The first-order chi connectivity index (χ1) is 11.7. The molecule has 1 aromatic rings. The number of hydrogen-bond donors (Lipinski definition) is 1. The van der Waals surface area contributed by atoms with Crippen LogP contribution < -0.4 is 14.8 Å². The van der Waals surface area contributed by atoms with Crippen molar-refractivity contribution in [2.45, 2.75) is 38.6 Å². The van der Waals surface area contributed by atoms with E-state index >= 15 is 0 Å². The Labute approximate surface area is 168 Å². The number of esters is 1. The molecule has 0 unspecified atom stereocenters. The Morgan fingerprint density at radius 1 is 1.15 bits per heavy atom. The summed E-state index contributed by atoms with van der Waals surface area (Å²) in [6.45, 7) is 5.66. The number of halogens is 2. The second kappa shape index (κ2) is 11.0. The van der Waals surface area contributed by atoms with Gasteiger partial charge in [0, 0.05) is 39.1 Å². The molecule has 0 aromatic heterocycles. The largest absolute Gasteiger partial charge is 0.493 e. The van der Waals surface area contributed by atoms with Crippen LogP contribution in [-0.2, 0) is 4.79 Å². The van der Waals surface area contributed by atoms with Gasteiger partial charge in [-0.25, -0.2) is 0 Å². The summed E-state index contributed by atoms with van der Waals surface area (Å²) in [6, 6.07) is 6.46. The molecule has 0 amide bonds. The third kappa shape index (κ3) is 5.49. The minimum absolute atomic E-state index is 0. The van der Waals surface area contributed by atoms with Crippen molar-refractivity contribution in [2.24, 2.45) is 5.92 Å². The Bertz CT molecular complexity index is 574. The van der Waals surface area contributed by atoms with E-state index in [1.165, 1.54) is 38.2 Å². The minimum Gasteiger partial charge on any atom is -0.493 e. The average Bonchev–Trinajstić information content (AvgIpc) is 3.11. The molecule has 1 saturated carbocycles. The van der Waals surface area contributed by atoms with Crippen molar-refractivity contribution in [1.82, 2.24) is 10.2 Å². The smallest absolute Gasteiger partial charge is 0.308 e. The van der Waals surface area contributed by atoms with Crippen LogP contribution in [0, 0.1) is 5.92 Å². The lowest BCUT2D eigenvalue weighted by Crippen LogP contribution is -2.46. The lowest BCUT2D eigenvalue weighted by molar-refractivity contribution is -0.132. The zero-order valence-corrected chi connectivity index (χ0v) is 17.2. The van der Waals surface area contributed by atoms with E-state index in [0.717, 1.165) is 26.2 Å². The van der Waals surface area contributed by atoms with E-state index < -0.39 is 0 Å². The van der Waals surface area contributed by atoms with E-state index in [1.807, 2.05) is 6.07 Å². The molecule has 2 fully saturated rings. The molecule has 3 rings (SSSR count). The lowest BCUT2D eigenvalue weighted by Gasteiger charge is -2.38. The summed E-state index contributed by atoms with van der Waals surface area (Å²) >= 11 is 0. The number of ether oxygens (including phenoxy) is 2. The normalized spacial score (nSPS) is 19.2. The highest BCUT2D eigenvalue weighted by atomic mass is 35.5. The molecule has 1 aliphatic carbocycles. The Morgan fingerprint density at radius 2 is 1.81 bits per heavy atom. The Balaban J connectivity index is 0.00000169. The molecule has 1 aromatic carbocycles. The van der Waals surface area contributed by atoms with Gasteiger partial charge in [0.25, 0.3) is 0 Å². The lowest BCUT2D eigenvalue weighted by atomic mass is 9.89. The van der Waals surface area contributed by atoms with Gasteiger partial charge in [0.1, 0.15) is 0 Å². The zero-order chi connectivity index (χ0) is 16.9. The first-order valence-electron chi connectivity index (χ1n) is 9.00. The molecule has 7 heteroatoms. The van der Waals surface area contributed by atoms with Crippen molar-refractivity contribution in [3.63, 3.8) is 0 Å². The molecule has 1 atom stereocenters. The maximum atomic E-state index is 11.3. The molecule has 1 N–H and O–H groups in total. The molecule has 1 aliphatic heterocycles. The van der Waals surface area contributed by atoms with Gasteiger partial charge in [-0.1, -0.05) is 18.9 Å². The molecular weight excluding hydrogens is 375 g/mol. The van der Waals surface area contributed by atoms with Gasteiger partial charge >= 0.3 is 5.97 Å². The number of carbonyl (C=O) groups is 1. The van der Waals surface area contributed by atoms with E-state index in [0.29, 0.717) is 23.5 Å². The summed E-state index contributed by atoms with van der Waals surface area (Å²) in [4.78, 5) is 13.9. The van der Waals surface area contributed by atoms with Crippen LogP contribution >= 0.6 is 24.8 Å². The van der Waals surface area contributed by atoms with Gasteiger partial charge < -0.3 is 14.8 Å². The summed E-state index contributed by atoms with van der Waals surface area (Å²) in [6.07, 6.45) is 5.25. The highest BCUT2D eigenvalue weighted by Crippen LogP contribution is 2.42. The van der Waals surface area contributed by atoms with Gasteiger partial charge in [-0.2, -0.15) is 0 Å². The summed E-state index contributed by atoms with van der Waals surface area (Å²) in [5, 5.41) is 3.44. The molecule has 2 aliphatic rings. The maximum Gasteiger partial charge on any atom is 0.308 e. The number of methoxy groups -OCH3 is 1. The van der Waals surface area contributed by atoms with Crippen LogP contribution in [0.4, 0.5) is 0 Å². The summed E-state index contributed by atoms with van der Waals surface area (Å²) in [5.74, 6) is 1.52. The van der Waals surface area contributed by atoms with E-state index in [2.05, 4.69) is 22.3 Å². The third-order valence-electron chi connectivity index (χ3n) is 5.17. The molecule has 0 spiro atoms. The topological polar surface area (TPSA) is 50.8 Å². The van der Waals surface area contributed by atoms with Gasteiger partial charge in [-0.3, -0.25) is 9.69 Å². The number of nitrogens with zero attached hydrogens (tertiary/aromatic N) is 1. The Morgan fingerprint density at radius 3 is 2.38 bits per heavy atom. The summed E-state index contributed by atoms with van der Waals surface area (Å²) in [5.41, 5.74) is 1.27. The second-order valence-corrected chi connectivity index (χ2v) is 6.78. The third-order valence-corrected chi connectivity index (χ3v) is 5.17. The number of benzene rings is 1. The molecule has 1 saturated heterocycles. The molecule has 0 radical (unpaired) electrons. The van der Waals surface area contributed by atoms with Crippen LogP contribution in [0.5, 0.6) is 11.5 Å². The monoisotopic (exact) mass is 404 g/mol. The van der Waals surface area contributed by atoms with Crippen LogP contribution in [0.25, 0.3) is 0 Å². The van der Waals surface area contributed by atoms with Crippen LogP contribution in [0.3, 0.4) is 0 Å². The van der Waals surface area contributed by atoms with E-state index in [9.17, 15) is 4.79 Å². The quantitative estimate of drug-likeness (QED) is 0.599. The van der Waals surface area contributed by atoms with Crippen LogP contribution in [0.1, 0.15) is 44.2 Å². The minimum atomic E-state index is -0.324. The van der Waals surface area contributed by atoms with Crippen molar-refractivity contribution in [2.75, 3.05) is 33.3 Å². The first-order valence-corrected chi connectivity index (χ1v) is 9.00. The Kier molecular flexibility index (Phi) is 9.72. The number of piperazine rings is 1. The molecule has 0 bridgehead atoms. The molecule has 26 heavy (non-hydrogen) atoms. The summed E-state index contributed by atoms with van der Waals surface area (Å²) in [7, 11) is 1.63. The predicted molar refractivity (Wildman–Crippen MR) is 108 cm³/mol. The van der Waals surface area contributed by atoms with E-state index in [1.54, 1.807) is 7.11 Å². The molecule has 1 heterocycles. The number of nitrogens with one attached hydrogen (secondary N) is 1. The zero-order valence-electron chi connectivity index (χ0n) is 15.5. The maximum absolute atomic E-state index is 11.3. The molecule has 148 valence electrons. The van der Waals surface area contributed by atoms with Crippen LogP contribution in [0.15, 0.2) is 18.2 Å². The fourth-order valence-electron chi connectivity index (χ4n) is 4.12. The first kappa shape index (κ1) is 23.0. The van der Waals surface area contributed by atoms with E-state index in [4.69, 9.17) is 9.47 Å². The molecular formula is C19H30Cl2N2O3. The average molecular weight is 405 g/mol. The fraction of sp³-hybridized carbons (Fsp3) is 0.632. The van der Waals surface area contributed by atoms with E-state index in [-0.39, 0.29) is 30.8 Å². The Hall–Kier alpha value is -1.01. The van der Waals surface area contributed by atoms with Crippen molar-refractivity contribution in [3.05, 3.63) is 23.8 Å². The predicted octanol–water partition coefficient (Wildman–Crippen LogP) is 3.60. The molecule has 5 nitrogen and oxygen atoms in total. The van der Waals surface area contributed by atoms with Crippen molar-refractivity contribution >= 4 is 30.8 Å². The van der Waals surface area contributed by atoms with Gasteiger partial charge in [-0.05, 0) is 36.5 Å². The van der Waals surface area contributed by atoms with Crippen molar-refractivity contribution in [3.8, 4) is 11.5 Å². The standard InChI is InChI=1S/C19H28N2O3.2ClH/c1-14(22)24-17-8-7-16(13-18(17)23-2)19(15-5-3-4-6-15)21-11-9-20-10-12-21;;/h7-8,13,15,19-20H,3-6,9-12H2,1-2H3;2*1H/t19-;;/m1../s1. The van der Waals surface area contributed by atoms with Crippen LogP contribution in [0.2, 0.25) is 0 Å². The van der Waals surface area contributed by atoms with Crippen LogP contribution in [-0.4, -0.2) is 44.2 Å². The SMILES string of the molecule is COc1cc([C@@H](C2CCCC2)N2CCNCC2)ccc1OC(C)=O.Cl.Cl. The highest BCUT2D eigenvalue weighted by Gasteiger charge is 2.32.